The topological polar surface area (TPSA) is 38.7 Å². The second-order valence-corrected chi connectivity index (χ2v) is 11.2. The zero-order chi connectivity index (χ0) is 23.5. The first kappa shape index (κ1) is 20.2. The molecule has 4 aliphatic carbocycles. The molecule has 0 aliphatic heterocycles. The van der Waals surface area contributed by atoms with Crippen molar-refractivity contribution < 1.29 is 14.6 Å². The molecule has 6 atom stereocenters. The largest absolute Gasteiger partial charge is 0.496 e. The van der Waals surface area contributed by atoms with E-state index >= 15 is 0 Å². The molecule has 0 aromatic heterocycles. The normalized spacial score (nSPS) is 33.9. The fraction of sp³-hybridized carbons (Fsp3) is 0.375. The van der Waals surface area contributed by atoms with Gasteiger partial charge in [-0.15, -0.1) is 0 Å². The van der Waals surface area contributed by atoms with E-state index in [0.29, 0.717) is 23.7 Å². The van der Waals surface area contributed by atoms with E-state index in [0.717, 1.165) is 47.1 Å². The Balaban J connectivity index is 1.35. The van der Waals surface area contributed by atoms with Gasteiger partial charge in [-0.1, -0.05) is 66.7 Å². The zero-order valence-electron chi connectivity index (χ0n) is 20.2. The third-order valence-corrected chi connectivity index (χ3v) is 10.3. The van der Waals surface area contributed by atoms with Gasteiger partial charge in [0.05, 0.1) is 19.8 Å². The third kappa shape index (κ3) is 2.23. The molecule has 4 aromatic carbocycles. The molecule has 1 N–H and O–H groups in total. The standard InChI is InChI=1S/C32H30O3/c1-34-30-19-11-5-6-12-20(19)31(35-2)29-22-16-21(28(29)30)26-24-14-15-25(27(22)26)32(24,33)23-13-7-9-17-8-3-4-10-18(17)23/h3-13,21-22,24-27,33H,14-16H2,1-2H3. The highest BCUT2D eigenvalue weighted by molar-refractivity contribution is 5.97. The van der Waals surface area contributed by atoms with Gasteiger partial charge in [0, 0.05) is 21.9 Å². The summed E-state index contributed by atoms with van der Waals surface area (Å²) in [7, 11) is 3.62. The molecule has 0 amide bonds. The highest BCUT2D eigenvalue weighted by Crippen LogP contribution is 2.78. The van der Waals surface area contributed by atoms with Gasteiger partial charge in [-0.05, 0) is 71.1 Å². The molecular formula is C32H30O3. The van der Waals surface area contributed by atoms with Gasteiger partial charge in [-0.3, -0.25) is 0 Å². The predicted molar refractivity (Wildman–Crippen MR) is 138 cm³/mol. The first-order valence-electron chi connectivity index (χ1n) is 13.1. The van der Waals surface area contributed by atoms with Gasteiger partial charge in [0.25, 0.3) is 0 Å². The summed E-state index contributed by atoms with van der Waals surface area (Å²) in [6.45, 7) is 0. The number of rotatable bonds is 3. The maximum atomic E-state index is 12.7. The summed E-state index contributed by atoms with van der Waals surface area (Å²) < 4.78 is 12.3. The summed E-state index contributed by atoms with van der Waals surface area (Å²) >= 11 is 0. The molecule has 0 saturated heterocycles. The monoisotopic (exact) mass is 462 g/mol. The molecule has 0 spiro atoms. The fourth-order valence-corrected chi connectivity index (χ4v) is 9.45. The van der Waals surface area contributed by atoms with Crippen molar-refractivity contribution in [1.82, 2.24) is 0 Å². The summed E-state index contributed by atoms with van der Waals surface area (Å²) in [4.78, 5) is 0. The summed E-state index contributed by atoms with van der Waals surface area (Å²) in [6, 6.07) is 23.5. The van der Waals surface area contributed by atoms with Crippen LogP contribution in [0.3, 0.4) is 0 Å². The van der Waals surface area contributed by atoms with E-state index < -0.39 is 5.60 Å². The molecule has 8 rings (SSSR count). The molecule has 6 unspecified atom stereocenters. The Morgan fingerprint density at radius 3 is 1.77 bits per heavy atom. The Morgan fingerprint density at radius 2 is 1.20 bits per heavy atom. The Kier molecular flexibility index (Phi) is 3.92. The molecule has 4 aromatic rings. The molecule has 3 heteroatoms. The van der Waals surface area contributed by atoms with E-state index in [4.69, 9.17) is 9.47 Å². The van der Waals surface area contributed by atoms with E-state index in [1.807, 2.05) is 14.2 Å². The number of ether oxygens (including phenoxy) is 2. The van der Waals surface area contributed by atoms with Gasteiger partial charge in [-0.25, -0.2) is 0 Å². The smallest absolute Gasteiger partial charge is 0.130 e. The maximum absolute atomic E-state index is 12.7. The Morgan fingerprint density at radius 1 is 0.686 bits per heavy atom. The van der Waals surface area contributed by atoms with Crippen molar-refractivity contribution in [2.45, 2.75) is 36.7 Å². The number of aliphatic hydroxyl groups is 1. The molecule has 0 heterocycles. The van der Waals surface area contributed by atoms with Crippen LogP contribution >= 0.6 is 0 Å². The highest BCUT2D eigenvalue weighted by Gasteiger charge is 2.72. The number of benzene rings is 4. The lowest BCUT2D eigenvalue weighted by Gasteiger charge is -2.37. The molecule has 4 bridgehead atoms. The molecule has 35 heavy (non-hydrogen) atoms. The van der Waals surface area contributed by atoms with Crippen molar-refractivity contribution in [2.75, 3.05) is 14.2 Å². The highest BCUT2D eigenvalue weighted by atomic mass is 16.5. The number of hydrogen-bond donors (Lipinski definition) is 1. The second kappa shape index (κ2) is 6.79. The lowest BCUT2D eigenvalue weighted by molar-refractivity contribution is -0.0217. The lowest BCUT2D eigenvalue weighted by atomic mass is 9.68. The van der Waals surface area contributed by atoms with Gasteiger partial charge >= 0.3 is 0 Å². The average Bonchev–Trinajstić information content (AvgIpc) is 3.63. The van der Waals surface area contributed by atoms with Crippen molar-refractivity contribution in [2.24, 2.45) is 23.7 Å². The summed E-state index contributed by atoms with van der Waals surface area (Å²) in [5.74, 6) is 4.46. The van der Waals surface area contributed by atoms with E-state index in [1.165, 1.54) is 21.9 Å². The van der Waals surface area contributed by atoms with Gasteiger partial charge in [0.2, 0.25) is 0 Å². The van der Waals surface area contributed by atoms with Crippen LogP contribution in [0.1, 0.15) is 47.8 Å². The molecule has 3 fully saturated rings. The van der Waals surface area contributed by atoms with Crippen LogP contribution in [-0.4, -0.2) is 19.3 Å². The Bertz CT molecular complexity index is 1440. The molecule has 176 valence electrons. The molecule has 3 nitrogen and oxygen atoms in total. The molecule has 0 radical (unpaired) electrons. The third-order valence-electron chi connectivity index (χ3n) is 10.3. The Labute approximate surface area is 205 Å². The van der Waals surface area contributed by atoms with E-state index in [2.05, 4.69) is 66.7 Å². The van der Waals surface area contributed by atoms with Gasteiger partial charge in [0.1, 0.15) is 11.5 Å². The molecule has 4 aliphatic rings. The second-order valence-electron chi connectivity index (χ2n) is 11.2. The summed E-state index contributed by atoms with van der Waals surface area (Å²) in [5, 5.41) is 17.4. The van der Waals surface area contributed by atoms with Crippen molar-refractivity contribution in [1.29, 1.82) is 0 Å². The van der Waals surface area contributed by atoms with Crippen LogP contribution in [0.15, 0.2) is 66.7 Å². The lowest BCUT2D eigenvalue weighted by Crippen LogP contribution is -2.34. The van der Waals surface area contributed by atoms with Crippen LogP contribution in [0, 0.1) is 23.7 Å². The first-order valence-corrected chi connectivity index (χ1v) is 13.1. The van der Waals surface area contributed by atoms with Gasteiger partial charge in [-0.2, -0.15) is 0 Å². The maximum Gasteiger partial charge on any atom is 0.130 e. The van der Waals surface area contributed by atoms with Crippen LogP contribution in [0.2, 0.25) is 0 Å². The quantitative estimate of drug-likeness (QED) is 0.342. The van der Waals surface area contributed by atoms with E-state index in [9.17, 15) is 5.11 Å². The summed E-state index contributed by atoms with van der Waals surface area (Å²) in [5.41, 5.74) is 3.10. The van der Waals surface area contributed by atoms with Crippen molar-refractivity contribution in [3.8, 4) is 11.5 Å². The molecule has 3 saturated carbocycles. The first-order chi connectivity index (χ1) is 17.2. The van der Waals surface area contributed by atoms with E-state index in [1.54, 1.807) is 0 Å². The Hall–Kier alpha value is -3.04. The van der Waals surface area contributed by atoms with Crippen LogP contribution in [-0.2, 0) is 5.60 Å². The van der Waals surface area contributed by atoms with Gasteiger partial charge in [0.15, 0.2) is 0 Å². The minimum Gasteiger partial charge on any atom is -0.496 e. The van der Waals surface area contributed by atoms with Crippen molar-refractivity contribution >= 4 is 21.5 Å². The average molecular weight is 463 g/mol. The minimum atomic E-state index is -0.769. The SMILES string of the molecule is COc1c2c(c(OC)c3ccccc13)C1CC2C2C1C1CCC2C1(O)c1cccc2ccccc12. The van der Waals surface area contributed by atoms with Crippen molar-refractivity contribution in [3.05, 3.63) is 83.4 Å². The van der Waals surface area contributed by atoms with Crippen LogP contribution in [0.4, 0.5) is 0 Å². The summed E-state index contributed by atoms with van der Waals surface area (Å²) in [6.07, 6.45) is 3.38. The van der Waals surface area contributed by atoms with Crippen molar-refractivity contribution in [3.63, 3.8) is 0 Å². The van der Waals surface area contributed by atoms with E-state index in [-0.39, 0.29) is 11.8 Å². The fourth-order valence-electron chi connectivity index (χ4n) is 9.45. The van der Waals surface area contributed by atoms with Crippen LogP contribution in [0.25, 0.3) is 21.5 Å². The number of fused-ring (bicyclic) bond motifs is 14. The minimum absolute atomic E-state index is 0.286. The van der Waals surface area contributed by atoms with Gasteiger partial charge < -0.3 is 14.6 Å². The molecular weight excluding hydrogens is 432 g/mol. The number of methoxy groups -OCH3 is 2. The predicted octanol–water partition coefficient (Wildman–Crippen LogP) is 6.75. The zero-order valence-corrected chi connectivity index (χ0v) is 20.2. The van der Waals surface area contributed by atoms with Crippen LogP contribution in [0.5, 0.6) is 11.5 Å². The number of hydrogen-bond acceptors (Lipinski definition) is 3. The van der Waals surface area contributed by atoms with Crippen LogP contribution < -0.4 is 9.47 Å².